The summed E-state index contributed by atoms with van der Waals surface area (Å²) in [7, 11) is 4.43. The second-order valence-electron chi connectivity index (χ2n) is 8.86. The highest BCUT2D eigenvalue weighted by molar-refractivity contribution is 6.45. The minimum atomic E-state index is -1.87. The molecule has 0 bridgehead atoms. The average Bonchev–Trinajstić information content (AvgIpc) is 2.95. The van der Waals surface area contributed by atoms with Crippen LogP contribution in [0.1, 0.15) is 16.7 Å². The molecule has 0 saturated carbocycles. The molecule has 5 atom stereocenters. The molecule has 4 rings (SSSR count). The lowest BCUT2D eigenvalue weighted by atomic mass is 9.79. The van der Waals surface area contributed by atoms with E-state index in [4.69, 9.17) is 46.9 Å². The predicted molar refractivity (Wildman–Crippen MR) is 143 cm³/mol. The molecule has 0 amide bonds. The van der Waals surface area contributed by atoms with Crippen LogP contribution in [0.4, 0.5) is 0 Å². The van der Waals surface area contributed by atoms with Gasteiger partial charge >= 0.3 is 0 Å². The summed E-state index contributed by atoms with van der Waals surface area (Å²) in [5.74, 6) is 0. The Labute approximate surface area is 228 Å². The molecule has 0 unspecified atom stereocenters. The number of halogens is 2. The van der Waals surface area contributed by atoms with Gasteiger partial charge in [0, 0.05) is 21.3 Å². The minimum absolute atomic E-state index is 0.0960. The molecular formula is C29H32Cl2O6. The van der Waals surface area contributed by atoms with Crippen molar-refractivity contribution in [3.05, 3.63) is 108 Å². The Hall–Kier alpha value is -2.00. The predicted octanol–water partition coefficient (Wildman–Crippen LogP) is 4.93. The van der Waals surface area contributed by atoms with Crippen molar-refractivity contribution in [1.29, 1.82) is 0 Å². The van der Waals surface area contributed by atoms with Crippen molar-refractivity contribution < 1.29 is 28.8 Å². The SMILES string of the molecule is CO[C@H]1O[C@H](COC(c2ccccc2)(c2ccccc2)c2ccccc2)[C@@](O)(C(Cl)Cl)[C@H](OC)[C@H]1OC. The maximum atomic E-state index is 11.9. The smallest absolute Gasteiger partial charge is 0.186 e. The number of methoxy groups -OCH3 is 3. The van der Waals surface area contributed by atoms with Gasteiger partial charge in [0.2, 0.25) is 0 Å². The number of aliphatic hydroxyl groups is 1. The van der Waals surface area contributed by atoms with Gasteiger partial charge in [0.1, 0.15) is 28.7 Å². The molecule has 0 aromatic heterocycles. The van der Waals surface area contributed by atoms with Crippen LogP contribution in [-0.4, -0.2) is 68.1 Å². The Morgan fingerprint density at radius 3 is 1.59 bits per heavy atom. The molecule has 3 aromatic carbocycles. The van der Waals surface area contributed by atoms with Crippen LogP contribution in [0, 0.1) is 0 Å². The van der Waals surface area contributed by atoms with E-state index in [2.05, 4.69) is 0 Å². The third-order valence-electron chi connectivity index (χ3n) is 6.94. The van der Waals surface area contributed by atoms with E-state index in [-0.39, 0.29) is 6.61 Å². The molecular weight excluding hydrogens is 515 g/mol. The number of rotatable bonds is 10. The minimum Gasteiger partial charge on any atom is -0.381 e. The molecule has 0 radical (unpaired) electrons. The third-order valence-corrected chi connectivity index (χ3v) is 7.64. The Morgan fingerprint density at radius 1 is 0.784 bits per heavy atom. The van der Waals surface area contributed by atoms with Gasteiger partial charge in [-0.3, -0.25) is 0 Å². The van der Waals surface area contributed by atoms with Crippen molar-refractivity contribution >= 4 is 23.2 Å². The molecule has 1 N–H and O–H groups in total. The molecule has 3 aromatic rings. The van der Waals surface area contributed by atoms with Gasteiger partial charge in [-0.2, -0.15) is 0 Å². The van der Waals surface area contributed by atoms with E-state index >= 15 is 0 Å². The largest absolute Gasteiger partial charge is 0.381 e. The van der Waals surface area contributed by atoms with E-state index in [0.717, 1.165) is 16.7 Å². The van der Waals surface area contributed by atoms with E-state index in [1.807, 2.05) is 91.0 Å². The molecule has 0 spiro atoms. The molecule has 37 heavy (non-hydrogen) atoms. The van der Waals surface area contributed by atoms with Gasteiger partial charge in [-0.05, 0) is 16.7 Å². The van der Waals surface area contributed by atoms with E-state index in [0.29, 0.717) is 0 Å². The van der Waals surface area contributed by atoms with E-state index in [1.165, 1.54) is 21.3 Å². The van der Waals surface area contributed by atoms with Gasteiger partial charge in [0.25, 0.3) is 0 Å². The lowest BCUT2D eigenvalue weighted by molar-refractivity contribution is -0.335. The summed E-state index contributed by atoms with van der Waals surface area (Å²) in [5.41, 5.74) is -0.196. The summed E-state index contributed by atoms with van der Waals surface area (Å²) in [6.45, 7) is -0.0960. The van der Waals surface area contributed by atoms with Crippen LogP contribution in [0.3, 0.4) is 0 Å². The zero-order valence-corrected chi connectivity index (χ0v) is 22.5. The highest BCUT2D eigenvalue weighted by Crippen LogP contribution is 2.44. The molecule has 1 aliphatic rings. The molecule has 1 saturated heterocycles. The summed E-state index contributed by atoms with van der Waals surface area (Å²) in [5, 5.41) is 11.9. The van der Waals surface area contributed by atoms with Gasteiger partial charge in [0.05, 0.1) is 6.61 Å². The molecule has 1 fully saturated rings. The number of benzene rings is 3. The Kier molecular flexibility index (Phi) is 9.27. The lowest BCUT2D eigenvalue weighted by Gasteiger charge is -2.51. The maximum Gasteiger partial charge on any atom is 0.186 e. The van der Waals surface area contributed by atoms with Crippen molar-refractivity contribution in [2.75, 3.05) is 27.9 Å². The maximum absolute atomic E-state index is 11.9. The van der Waals surface area contributed by atoms with Crippen LogP contribution in [0.15, 0.2) is 91.0 Å². The lowest BCUT2D eigenvalue weighted by Crippen LogP contribution is -2.71. The van der Waals surface area contributed by atoms with Crippen LogP contribution >= 0.6 is 23.2 Å². The fourth-order valence-corrected chi connectivity index (χ4v) is 5.62. The second-order valence-corrected chi connectivity index (χ2v) is 9.96. The fraction of sp³-hybridized carbons (Fsp3) is 0.379. The Bertz CT molecular complexity index is 1000. The molecule has 8 heteroatoms. The van der Waals surface area contributed by atoms with Gasteiger partial charge < -0.3 is 28.8 Å². The first-order chi connectivity index (χ1) is 17.9. The van der Waals surface area contributed by atoms with Gasteiger partial charge in [-0.15, -0.1) is 23.2 Å². The molecule has 1 heterocycles. The zero-order valence-electron chi connectivity index (χ0n) is 21.0. The first kappa shape index (κ1) is 28.0. The van der Waals surface area contributed by atoms with Crippen LogP contribution < -0.4 is 0 Å². The summed E-state index contributed by atoms with van der Waals surface area (Å²) in [4.78, 5) is -1.28. The van der Waals surface area contributed by atoms with Gasteiger partial charge in [0.15, 0.2) is 11.9 Å². The summed E-state index contributed by atoms with van der Waals surface area (Å²) < 4.78 is 29.8. The van der Waals surface area contributed by atoms with Gasteiger partial charge in [-0.1, -0.05) is 91.0 Å². The monoisotopic (exact) mass is 546 g/mol. The molecule has 0 aliphatic carbocycles. The van der Waals surface area contributed by atoms with Crippen molar-refractivity contribution in [3.8, 4) is 0 Å². The molecule has 1 aliphatic heterocycles. The van der Waals surface area contributed by atoms with Crippen molar-refractivity contribution in [2.45, 2.75) is 40.6 Å². The fourth-order valence-electron chi connectivity index (χ4n) is 5.09. The first-order valence-corrected chi connectivity index (χ1v) is 12.9. The summed E-state index contributed by atoms with van der Waals surface area (Å²) >= 11 is 12.8. The zero-order chi connectivity index (χ0) is 26.5. The van der Waals surface area contributed by atoms with Crippen molar-refractivity contribution in [2.24, 2.45) is 0 Å². The van der Waals surface area contributed by atoms with Crippen molar-refractivity contribution in [1.82, 2.24) is 0 Å². The standard InChI is InChI=1S/C29H32Cl2O6/c1-33-24-25(34-2)28(32,27(30)31)23(37-26(24)35-3)19-36-29(20-13-7-4-8-14-20,21-15-9-5-10-16-21)22-17-11-6-12-18-22/h4-18,23-27,32H,19H2,1-3H3/t23-,24-,25-,26+,28+/m1/s1. The Morgan fingerprint density at radius 2 is 1.24 bits per heavy atom. The molecule has 198 valence electrons. The van der Waals surface area contributed by atoms with Crippen LogP contribution in [-0.2, 0) is 29.3 Å². The quantitative estimate of drug-likeness (QED) is 0.287. The normalized spacial score (nSPS) is 26.4. The number of alkyl halides is 2. The summed E-state index contributed by atoms with van der Waals surface area (Å²) in [6.07, 6.45) is -3.61. The second kappa shape index (κ2) is 12.2. The number of ether oxygens (including phenoxy) is 5. The molecule has 6 nitrogen and oxygen atoms in total. The average molecular weight is 547 g/mol. The summed E-state index contributed by atoms with van der Waals surface area (Å²) in [6, 6.07) is 29.7. The third kappa shape index (κ3) is 5.18. The van der Waals surface area contributed by atoms with E-state index in [9.17, 15) is 5.11 Å². The van der Waals surface area contributed by atoms with E-state index < -0.39 is 40.6 Å². The van der Waals surface area contributed by atoms with Crippen LogP contribution in [0.2, 0.25) is 0 Å². The van der Waals surface area contributed by atoms with Crippen molar-refractivity contribution in [3.63, 3.8) is 0 Å². The highest BCUT2D eigenvalue weighted by atomic mass is 35.5. The Balaban J connectivity index is 1.83. The van der Waals surface area contributed by atoms with Crippen LogP contribution in [0.25, 0.3) is 0 Å². The highest BCUT2D eigenvalue weighted by Gasteiger charge is 2.60. The number of hydrogen-bond donors (Lipinski definition) is 1. The first-order valence-electron chi connectivity index (χ1n) is 12.0. The van der Waals surface area contributed by atoms with Crippen LogP contribution in [0.5, 0.6) is 0 Å². The van der Waals surface area contributed by atoms with E-state index in [1.54, 1.807) is 0 Å². The van der Waals surface area contributed by atoms with Gasteiger partial charge in [-0.25, -0.2) is 0 Å². The number of hydrogen-bond acceptors (Lipinski definition) is 6. The topological polar surface area (TPSA) is 66.4 Å².